The van der Waals surface area contributed by atoms with Gasteiger partial charge in [0.2, 0.25) is 11.8 Å². The molecule has 8 heteroatoms. The molecule has 0 aliphatic heterocycles. The van der Waals surface area contributed by atoms with Crippen molar-refractivity contribution >= 4 is 46.3 Å². The lowest BCUT2D eigenvalue weighted by atomic mass is 10.2. The van der Waals surface area contributed by atoms with Crippen LogP contribution in [0.25, 0.3) is 0 Å². The second-order valence-electron chi connectivity index (χ2n) is 5.45. The third kappa shape index (κ3) is 5.58. The number of likely N-dealkylation sites (N-methyl/N-ethyl adjacent to an activating group) is 1. The molecule has 0 spiro atoms. The summed E-state index contributed by atoms with van der Waals surface area (Å²) in [6.45, 7) is 1.56. The lowest BCUT2D eigenvalue weighted by Gasteiger charge is -2.16. The van der Waals surface area contributed by atoms with Crippen molar-refractivity contribution in [2.75, 3.05) is 25.5 Å². The number of hydrogen-bond acceptors (Lipinski definition) is 4. The van der Waals surface area contributed by atoms with Crippen LogP contribution in [0.1, 0.15) is 15.2 Å². The highest BCUT2D eigenvalue weighted by atomic mass is 35.5. The van der Waals surface area contributed by atoms with Crippen LogP contribution >= 0.6 is 22.9 Å². The Morgan fingerprint density at radius 1 is 1.20 bits per heavy atom. The SMILES string of the molecule is Cc1ccc(NC(=O)CNC(=O)CN(C)C(=O)c2cccs2)c(Cl)c1. The molecular weight excluding hydrogens is 362 g/mol. The van der Waals surface area contributed by atoms with Crippen LogP contribution in [0.5, 0.6) is 0 Å². The third-order valence-corrected chi connectivity index (χ3v) is 4.47. The number of carbonyl (C=O) groups is 3. The van der Waals surface area contributed by atoms with Crippen LogP contribution in [0.3, 0.4) is 0 Å². The lowest BCUT2D eigenvalue weighted by Crippen LogP contribution is -2.41. The molecule has 2 aromatic rings. The Labute approximate surface area is 154 Å². The van der Waals surface area contributed by atoms with Gasteiger partial charge >= 0.3 is 0 Å². The summed E-state index contributed by atoms with van der Waals surface area (Å²) in [6, 6.07) is 8.73. The number of aryl methyl sites for hydroxylation is 1. The number of hydrogen-bond donors (Lipinski definition) is 2. The summed E-state index contributed by atoms with van der Waals surface area (Å²) >= 11 is 7.35. The molecule has 3 amide bonds. The van der Waals surface area contributed by atoms with Crippen LogP contribution < -0.4 is 10.6 Å². The Morgan fingerprint density at radius 3 is 2.60 bits per heavy atom. The normalized spacial score (nSPS) is 10.2. The Balaban J connectivity index is 1.79. The van der Waals surface area contributed by atoms with Crippen LogP contribution in [-0.2, 0) is 9.59 Å². The van der Waals surface area contributed by atoms with Crippen LogP contribution in [0, 0.1) is 6.92 Å². The van der Waals surface area contributed by atoms with Gasteiger partial charge in [-0.25, -0.2) is 0 Å². The average molecular weight is 380 g/mol. The average Bonchev–Trinajstić information content (AvgIpc) is 3.09. The van der Waals surface area contributed by atoms with E-state index in [-0.39, 0.29) is 19.0 Å². The molecule has 0 atom stereocenters. The minimum atomic E-state index is -0.419. The first kappa shape index (κ1) is 19.0. The molecule has 1 heterocycles. The number of anilines is 1. The van der Waals surface area contributed by atoms with E-state index in [9.17, 15) is 14.4 Å². The van der Waals surface area contributed by atoms with Crippen molar-refractivity contribution in [1.82, 2.24) is 10.2 Å². The van der Waals surface area contributed by atoms with Gasteiger partial charge in [0.25, 0.3) is 5.91 Å². The molecule has 0 fully saturated rings. The van der Waals surface area contributed by atoms with Crippen LogP contribution in [-0.4, -0.2) is 42.8 Å². The van der Waals surface area contributed by atoms with E-state index >= 15 is 0 Å². The molecule has 0 saturated carbocycles. The minimum absolute atomic E-state index is 0.130. The Kier molecular flexibility index (Phi) is 6.55. The summed E-state index contributed by atoms with van der Waals surface area (Å²) in [5, 5.41) is 7.33. The smallest absolute Gasteiger partial charge is 0.264 e. The summed E-state index contributed by atoms with van der Waals surface area (Å²) in [4.78, 5) is 37.7. The van der Waals surface area contributed by atoms with Gasteiger partial charge in [0.1, 0.15) is 0 Å². The summed E-state index contributed by atoms with van der Waals surface area (Å²) in [5.74, 6) is -1.05. The quantitative estimate of drug-likeness (QED) is 0.809. The molecule has 1 aromatic heterocycles. The van der Waals surface area contributed by atoms with E-state index in [0.29, 0.717) is 15.6 Å². The van der Waals surface area contributed by atoms with E-state index < -0.39 is 11.8 Å². The van der Waals surface area contributed by atoms with Gasteiger partial charge in [-0.05, 0) is 36.1 Å². The molecule has 0 bridgehead atoms. The Hall–Kier alpha value is -2.38. The Morgan fingerprint density at radius 2 is 1.96 bits per heavy atom. The van der Waals surface area contributed by atoms with Gasteiger partial charge in [0.05, 0.1) is 28.7 Å². The molecule has 25 heavy (non-hydrogen) atoms. The number of halogens is 1. The van der Waals surface area contributed by atoms with Crippen molar-refractivity contribution in [1.29, 1.82) is 0 Å². The van der Waals surface area contributed by atoms with Gasteiger partial charge in [-0.15, -0.1) is 11.3 Å². The molecular formula is C17H18ClN3O3S. The number of nitrogens with one attached hydrogen (secondary N) is 2. The van der Waals surface area contributed by atoms with Crippen LogP contribution in [0.4, 0.5) is 5.69 Å². The Bertz CT molecular complexity index is 777. The van der Waals surface area contributed by atoms with Gasteiger partial charge in [-0.1, -0.05) is 23.7 Å². The maximum Gasteiger partial charge on any atom is 0.264 e. The number of carbonyl (C=O) groups excluding carboxylic acids is 3. The largest absolute Gasteiger partial charge is 0.345 e. The minimum Gasteiger partial charge on any atom is -0.345 e. The van der Waals surface area contributed by atoms with Crippen LogP contribution in [0.15, 0.2) is 35.7 Å². The zero-order valence-electron chi connectivity index (χ0n) is 13.8. The summed E-state index contributed by atoms with van der Waals surface area (Å²) in [5.41, 5.74) is 1.46. The van der Waals surface area contributed by atoms with E-state index in [4.69, 9.17) is 11.6 Å². The molecule has 6 nitrogen and oxygen atoms in total. The van der Waals surface area contributed by atoms with Crippen molar-refractivity contribution in [3.63, 3.8) is 0 Å². The van der Waals surface area contributed by atoms with Gasteiger partial charge in [-0.2, -0.15) is 0 Å². The predicted molar refractivity (Wildman–Crippen MR) is 99.1 cm³/mol. The lowest BCUT2D eigenvalue weighted by molar-refractivity contribution is -0.124. The molecule has 2 rings (SSSR count). The number of rotatable bonds is 6. The van der Waals surface area contributed by atoms with Gasteiger partial charge in [-0.3, -0.25) is 14.4 Å². The first-order valence-electron chi connectivity index (χ1n) is 7.48. The van der Waals surface area contributed by atoms with E-state index in [2.05, 4.69) is 10.6 Å². The predicted octanol–water partition coefficient (Wildman–Crippen LogP) is 2.54. The van der Waals surface area contributed by atoms with Crippen molar-refractivity contribution < 1.29 is 14.4 Å². The topological polar surface area (TPSA) is 78.5 Å². The first-order chi connectivity index (χ1) is 11.9. The summed E-state index contributed by atoms with van der Waals surface area (Å²) in [7, 11) is 1.54. The fourth-order valence-corrected chi connectivity index (χ4v) is 3.03. The van der Waals surface area contributed by atoms with Gasteiger partial charge in [0.15, 0.2) is 0 Å². The van der Waals surface area contributed by atoms with Crippen molar-refractivity contribution in [3.8, 4) is 0 Å². The fourth-order valence-electron chi connectivity index (χ4n) is 2.03. The molecule has 0 radical (unpaired) electrons. The van der Waals surface area contributed by atoms with Crippen molar-refractivity contribution in [2.45, 2.75) is 6.92 Å². The monoisotopic (exact) mass is 379 g/mol. The summed E-state index contributed by atoms with van der Waals surface area (Å²) < 4.78 is 0. The zero-order chi connectivity index (χ0) is 18.4. The maximum absolute atomic E-state index is 12.0. The standard InChI is InChI=1S/C17H18ClN3O3S/c1-11-5-6-13(12(18)8-11)20-15(22)9-19-16(23)10-21(2)17(24)14-4-3-7-25-14/h3-8H,9-10H2,1-2H3,(H,19,23)(H,20,22). The first-order valence-corrected chi connectivity index (χ1v) is 8.74. The molecule has 0 aliphatic rings. The summed E-state index contributed by atoms with van der Waals surface area (Å²) in [6.07, 6.45) is 0. The number of nitrogens with zero attached hydrogens (tertiary/aromatic N) is 1. The van der Waals surface area contributed by atoms with E-state index in [0.717, 1.165) is 5.56 Å². The second-order valence-corrected chi connectivity index (χ2v) is 6.80. The molecule has 0 aliphatic carbocycles. The molecule has 2 N–H and O–H groups in total. The second kappa shape index (κ2) is 8.64. The molecule has 0 saturated heterocycles. The number of benzene rings is 1. The highest BCUT2D eigenvalue weighted by Gasteiger charge is 2.16. The maximum atomic E-state index is 12.0. The number of amides is 3. The fraction of sp³-hybridized carbons (Fsp3) is 0.235. The van der Waals surface area contributed by atoms with E-state index in [1.165, 1.54) is 23.3 Å². The van der Waals surface area contributed by atoms with Crippen LogP contribution in [0.2, 0.25) is 5.02 Å². The van der Waals surface area contributed by atoms with Crippen molar-refractivity contribution in [3.05, 3.63) is 51.2 Å². The van der Waals surface area contributed by atoms with E-state index in [1.807, 2.05) is 13.0 Å². The molecule has 132 valence electrons. The molecule has 1 aromatic carbocycles. The van der Waals surface area contributed by atoms with Crippen molar-refractivity contribution in [2.24, 2.45) is 0 Å². The van der Waals surface area contributed by atoms with Gasteiger partial charge < -0.3 is 15.5 Å². The van der Waals surface area contributed by atoms with E-state index in [1.54, 1.807) is 29.6 Å². The highest BCUT2D eigenvalue weighted by Crippen LogP contribution is 2.22. The zero-order valence-corrected chi connectivity index (χ0v) is 15.4. The highest BCUT2D eigenvalue weighted by molar-refractivity contribution is 7.12. The molecule has 0 unspecified atom stereocenters. The van der Waals surface area contributed by atoms with Gasteiger partial charge in [0, 0.05) is 7.05 Å². The number of thiophene rings is 1. The third-order valence-electron chi connectivity index (χ3n) is 3.30.